The fourth-order valence-electron chi connectivity index (χ4n) is 2.65. The van der Waals surface area contributed by atoms with Gasteiger partial charge in [-0.15, -0.1) is 0 Å². The van der Waals surface area contributed by atoms with Crippen LogP contribution in [0.5, 0.6) is 0 Å². The van der Waals surface area contributed by atoms with Gasteiger partial charge in [-0.25, -0.2) is 4.98 Å². The smallest absolute Gasteiger partial charge is 0.142 e. The second-order valence-electron chi connectivity index (χ2n) is 5.43. The van der Waals surface area contributed by atoms with Crippen molar-refractivity contribution in [3.63, 3.8) is 0 Å². The van der Waals surface area contributed by atoms with Gasteiger partial charge < -0.3 is 5.32 Å². The molecule has 2 aromatic rings. The van der Waals surface area contributed by atoms with Crippen molar-refractivity contribution in [1.82, 2.24) is 4.98 Å². The summed E-state index contributed by atoms with van der Waals surface area (Å²) in [6.45, 7) is 2.28. The molecule has 0 aliphatic heterocycles. The van der Waals surface area contributed by atoms with E-state index in [2.05, 4.69) is 47.6 Å². The van der Waals surface area contributed by atoms with Crippen molar-refractivity contribution in [3.05, 3.63) is 59.8 Å². The van der Waals surface area contributed by atoms with Crippen LogP contribution in [0, 0.1) is 23.2 Å². The lowest BCUT2D eigenvalue weighted by Gasteiger charge is -2.20. The molecule has 1 aliphatic rings. The van der Waals surface area contributed by atoms with Gasteiger partial charge in [0, 0.05) is 0 Å². The fraction of sp³-hybridized carbons (Fsp3) is 0.294. The number of hydrogen-bond donors (Lipinski definition) is 1. The van der Waals surface area contributed by atoms with E-state index in [-0.39, 0.29) is 6.04 Å². The molecule has 0 bridgehead atoms. The maximum Gasteiger partial charge on any atom is 0.142 e. The minimum absolute atomic E-state index is 0.271. The van der Waals surface area contributed by atoms with Crippen molar-refractivity contribution >= 4 is 5.82 Å². The minimum atomic E-state index is 0.271. The van der Waals surface area contributed by atoms with Crippen molar-refractivity contribution in [1.29, 1.82) is 5.26 Å². The predicted molar refractivity (Wildman–Crippen MR) is 79.0 cm³/mol. The Morgan fingerprint density at radius 2 is 1.95 bits per heavy atom. The van der Waals surface area contributed by atoms with Gasteiger partial charge in [0.05, 0.1) is 6.04 Å². The molecule has 1 aliphatic carbocycles. The summed E-state index contributed by atoms with van der Waals surface area (Å²) >= 11 is 0. The summed E-state index contributed by atoms with van der Waals surface area (Å²) in [5.74, 6) is 2.16. The molecule has 100 valence electrons. The summed E-state index contributed by atoms with van der Waals surface area (Å²) in [6.07, 6.45) is 1.24. The van der Waals surface area contributed by atoms with E-state index in [1.165, 1.54) is 12.0 Å². The molecular weight excluding hydrogens is 246 g/mol. The third-order valence-electron chi connectivity index (χ3n) is 3.93. The van der Waals surface area contributed by atoms with E-state index in [0.29, 0.717) is 11.6 Å². The molecule has 0 radical (unpaired) electrons. The van der Waals surface area contributed by atoms with Crippen LogP contribution in [0.25, 0.3) is 0 Å². The van der Waals surface area contributed by atoms with Crippen LogP contribution in [0.1, 0.15) is 30.6 Å². The first-order valence-electron chi connectivity index (χ1n) is 6.96. The minimum Gasteiger partial charge on any atom is -0.363 e. The lowest BCUT2D eigenvalue weighted by molar-refractivity contribution is 0.629. The first-order chi connectivity index (χ1) is 9.78. The predicted octanol–water partition coefficient (Wildman–Crippen LogP) is 3.76. The van der Waals surface area contributed by atoms with Gasteiger partial charge >= 0.3 is 0 Å². The number of rotatable bonds is 4. The average molecular weight is 263 g/mol. The molecule has 0 spiro atoms. The van der Waals surface area contributed by atoms with Crippen LogP contribution in [0.15, 0.2) is 48.5 Å². The number of hydrogen-bond acceptors (Lipinski definition) is 3. The number of benzene rings is 1. The van der Waals surface area contributed by atoms with Gasteiger partial charge in [0.2, 0.25) is 0 Å². The molecular formula is C17H17N3. The largest absolute Gasteiger partial charge is 0.363 e. The van der Waals surface area contributed by atoms with Crippen LogP contribution in [-0.2, 0) is 0 Å². The number of anilines is 1. The molecule has 0 amide bonds. The van der Waals surface area contributed by atoms with Crippen molar-refractivity contribution in [3.8, 4) is 6.07 Å². The second kappa shape index (κ2) is 5.34. The van der Waals surface area contributed by atoms with E-state index in [1.54, 1.807) is 6.07 Å². The van der Waals surface area contributed by atoms with Crippen LogP contribution in [0.3, 0.4) is 0 Å². The maximum atomic E-state index is 8.94. The maximum absolute atomic E-state index is 8.94. The van der Waals surface area contributed by atoms with Gasteiger partial charge in [-0.05, 0) is 36.0 Å². The molecule has 1 saturated carbocycles. The van der Waals surface area contributed by atoms with Crippen molar-refractivity contribution in [2.24, 2.45) is 11.8 Å². The summed E-state index contributed by atoms with van der Waals surface area (Å²) in [5, 5.41) is 12.4. The van der Waals surface area contributed by atoms with E-state index in [1.807, 2.05) is 18.2 Å². The highest BCUT2D eigenvalue weighted by molar-refractivity contribution is 5.42. The van der Waals surface area contributed by atoms with Crippen molar-refractivity contribution in [2.45, 2.75) is 19.4 Å². The van der Waals surface area contributed by atoms with Gasteiger partial charge in [0.25, 0.3) is 0 Å². The normalized spacial score (nSPS) is 21.8. The first kappa shape index (κ1) is 12.7. The Kier molecular flexibility index (Phi) is 3.39. The van der Waals surface area contributed by atoms with Crippen LogP contribution < -0.4 is 5.32 Å². The topological polar surface area (TPSA) is 48.7 Å². The molecule has 1 heterocycles. The Labute approximate surface area is 119 Å². The first-order valence-corrected chi connectivity index (χ1v) is 6.96. The summed E-state index contributed by atoms with van der Waals surface area (Å²) in [7, 11) is 0. The third kappa shape index (κ3) is 2.65. The Morgan fingerprint density at radius 1 is 1.20 bits per heavy atom. The Morgan fingerprint density at radius 3 is 2.60 bits per heavy atom. The van der Waals surface area contributed by atoms with E-state index in [0.717, 1.165) is 11.7 Å². The fourth-order valence-corrected chi connectivity index (χ4v) is 2.65. The van der Waals surface area contributed by atoms with Crippen molar-refractivity contribution in [2.75, 3.05) is 5.32 Å². The summed E-state index contributed by atoms with van der Waals surface area (Å²) in [6, 6.07) is 18.3. The molecule has 20 heavy (non-hydrogen) atoms. The van der Waals surface area contributed by atoms with Crippen LogP contribution >= 0.6 is 0 Å². The monoisotopic (exact) mass is 263 g/mol. The Bertz CT molecular complexity index is 630. The zero-order valence-corrected chi connectivity index (χ0v) is 11.5. The standard InChI is InChI=1S/C17H17N3/c1-12-10-15(12)17(13-6-3-2-4-7-13)20-16-9-5-8-14(11-18)19-16/h2-9,12,15,17H,10H2,1H3,(H,19,20). The number of nitrogens with one attached hydrogen (secondary N) is 1. The van der Waals surface area contributed by atoms with Gasteiger partial charge in [-0.2, -0.15) is 5.26 Å². The molecule has 3 atom stereocenters. The molecule has 3 rings (SSSR count). The zero-order valence-electron chi connectivity index (χ0n) is 11.5. The SMILES string of the molecule is CC1CC1C(Nc1cccc(C#N)n1)c1ccccc1. The van der Waals surface area contributed by atoms with Gasteiger partial charge in [0.1, 0.15) is 17.6 Å². The second-order valence-corrected chi connectivity index (χ2v) is 5.43. The molecule has 3 unspecified atom stereocenters. The molecule has 1 aromatic heterocycles. The van der Waals surface area contributed by atoms with Gasteiger partial charge in [-0.3, -0.25) is 0 Å². The summed E-state index contributed by atoms with van der Waals surface area (Å²) in [4.78, 5) is 4.32. The number of nitrogens with zero attached hydrogens (tertiary/aromatic N) is 2. The lowest BCUT2D eigenvalue weighted by atomic mass is 10.0. The molecule has 3 nitrogen and oxygen atoms in total. The van der Waals surface area contributed by atoms with Crippen LogP contribution in [0.2, 0.25) is 0 Å². The van der Waals surface area contributed by atoms with E-state index in [4.69, 9.17) is 5.26 Å². The highest BCUT2D eigenvalue weighted by atomic mass is 15.0. The van der Waals surface area contributed by atoms with Gasteiger partial charge in [-0.1, -0.05) is 43.3 Å². The van der Waals surface area contributed by atoms with E-state index < -0.39 is 0 Å². The number of pyridine rings is 1. The molecule has 3 heteroatoms. The van der Waals surface area contributed by atoms with Crippen LogP contribution in [-0.4, -0.2) is 4.98 Å². The Balaban J connectivity index is 1.85. The van der Waals surface area contributed by atoms with E-state index in [9.17, 15) is 0 Å². The lowest BCUT2D eigenvalue weighted by Crippen LogP contribution is -2.14. The third-order valence-corrected chi connectivity index (χ3v) is 3.93. The molecule has 1 aromatic carbocycles. The number of nitriles is 1. The molecule has 1 N–H and O–H groups in total. The summed E-state index contributed by atoms with van der Waals surface area (Å²) < 4.78 is 0. The Hall–Kier alpha value is -2.34. The van der Waals surface area contributed by atoms with Gasteiger partial charge in [0.15, 0.2) is 0 Å². The van der Waals surface area contributed by atoms with E-state index >= 15 is 0 Å². The molecule has 0 saturated heterocycles. The highest BCUT2D eigenvalue weighted by Crippen LogP contribution is 2.48. The molecule has 1 fully saturated rings. The highest BCUT2D eigenvalue weighted by Gasteiger charge is 2.40. The number of aromatic nitrogens is 1. The van der Waals surface area contributed by atoms with Crippen molar-refractivity contribution < 1.29 is 0 Å². The van der Waals surface area contributed by atoms with Crippen LogP contribution in [0.4, 0.5) is 5.82 Å². The quantitative estimate of drug-likeness (QED) is 0.913. The zero-order chi connectivity index (χ0) is 13.9. The summed E-state index contributed by atoms with van der Waals surface area (Å²) in [5.41, 5.74) is 1.73. The average Bonchev–Trinajstić information content (AvgIpc) is 3.22.